The number of carbonyl (C=O) groups is 1. The number of aliphatic hydroxyl groups excluding tert-OH is 1. The molecule has 3 nitrogen and oxygen atoms in total. The van der Waals surface area contributed by atoms with Gasteiger partial charge in [0.05, 0.1) is 12.5 Å². The lowest BCUT2D eigenvalue weighted by Crippen LogP contribution is -2.36. The number of hydrogen-bond acceptors (Lipinski definition) is 2. The molecule has 2 rings (SSSR count). The highest BCUT2D eigenvalue weighted by Gasteiger charge is 2.22. The van der Waals surface area contributed by atoms with Gasteiger partial charge in [0, 0.05) is 13.1 Å². The molecule has 1 unspecified atom stereocenters. The number of hydrogen-bond donors (Lipinski definition) is 1. The van der Waals surface area contributed by atoms with Crippen molar-refractivity contribution in [3.8, 4) is 0 Å². The van der Waals surface area contributed by atoms with Crippen LogP contribution < -0.4 is 0 Å². The van der Waals surface area contributed by atoms with E-state index in [0.29, 0.717) is 12.1 Å². The van der Waals surface area contributed by atoms with Gasteiger partial charge in [-0.25, -0.2) is 4.39 Å². The summed E-state index contributed by atoms with van der Waals surface area (Å²) in [5.74, 6) is -0.927. The Bertz CT molecular complexity index is 615. The molecule has 1 atom stereocenters. The van der Waals surface area contributed by atoms with Crippen molar-refractivity contribution < 1.29 is 14.3 Å². The van der Waals surface area contributed by atoms with Gasteiger partial charge in [-0.1, -0.05) is 42.5 Å². The minimum Gasteiger partial charge on any atom is -0.395 e. The highest BCUT2D eigenvalue weighted by molar-refractivity contribution is 5.83. The molecule has 1 amide bonds. The standard InChI is InChI=1S/C18H20FNO2/c1-14(16-8-5-9-17(19)12-16)18(22)20(10-11-21)13-15-6-3-2-4-7-15/h2-9,12,14,21H,10-11,13H2,1H3. The van der Waals surface area contributed by atoms with Crippen LogP contribution in [0.25, 0.3) is 0 Å². The molecule has 22 heavy (non-hydrogen) atoms. The van der Waals surface area contributed by atoms with Gasteiger partial charge in [-0.2, -0.15) is 0 Å². The highest BCUT2D eigenvalue weighted by Crippen LogP contribution is 2.20. The van der Waals surface area contributed by atoms with Gasteiger partial charge in [-0.15, -0.1) is 0 Å². The van der Waals surface area contributed by atoms with Crippen LogP contribution in [0.2, 0.25) is 0 Å². The van der Waals surface area contributed by atoms with Crippen LogP contribution in [0.3, 0.4) is 0 Å². The summed E-state index contributed by atoms with van der Waals surface area (Å²) in [6, 6.07) is 15.7. The van der Waals surface area contributed by atoms with Gasteiger partial charge in [0.1, 0.15) is 5.82 Å². The zero-order valence-electron chi connectivity index (χ0n) is 12.6. The molecule has 116 valence electrons. The third-order valence-electron chi connectivity index (χ3n) is 3.62. The minimum atomic E-state index is -0.453. The van der Waals surface area contributed by atoms with Gasteiger partial charge < -0.3 is 10.0 Å². The fourth-order valence-corrected chi connectivity index (χ4v) is 2.38. The summed E-state index contributed by atoms with van der Waals surface area (Å²) in [7, 11) is 0. The van der Waals surface area contributed by atoms with E-state index in [1.807, 2.05) is 30.3 Å². The third kappa shape index (κ3) is 4.15. The molecular weight excluding hydrogens is 281 g/mol. The Morgan fingerprint density at radius 2 is 1.91 bits per heavy atom. The molecule has 0 aliphatic carbocycles. The van der Waals surface area contributed by atoms with Gasteiger partial charge in [-0.05, 0) is 30.2 Å². The fourth-order valence-electron chi connectivity index (χ4n) is 2.38. The number of carbonyl (C=O) groups excluding carboxylic acids is 1. The molecule has 0 aromatic heterocycles. The second-order valence-corrected chi connectivity index (χ2v) is 5.25. The lowest BCUT2D eigenvalue weighted by atomic mass is 9.99. The van der Waals surface area contributed by atoms with Crippen molar-refractivity contribution in [1.29, 1.82) is 0 Å². The van der Waals surface area contributed by atoms with Crippen LogP contribution >= 0.6 is 0 Å². The van der Waals surface area contributed by atoms with E-state index in [9.17, 15) is 14.3 Å². The van der Waals surface area contributed by atoms with Crippen molar-refractivity contribution in [1.82, 2.24) is 4.90 Å². The van der Waals surface area contributed by atoms with Crippen LogP contribution in [0, 0.1) is 5.82 Å². The average Bonchev–Trinajstić information content (AvgIpc) is 2.54. The molecular formula is C18H20FNO2. The molecule has 0 spiro atoms. The molecule has 4 heteroatoms. The molecule has 0 heterocycles. The third-order valence-corrected chi connectivity index (χ3v) is 3.62. The molecule has 0 radical (unpaired) electrons. The molecule has 0 aliphatic rings. The maximum atomic E-state index is 13.3. The summed E-state index contributed by atoms with van der Waals surface area (Å²) in [5.41, 5.74) is 1.64. The lowest BCUT2D eigenvalue weighted by molar-refractivity contribution is -0.133. The molecule has 1 N–H and O–H groups in total. The number of halogens is 1. The summed E-state index contributed by atoms with van der Waals surface area (Å²) in [5, 5.41) is 9.21. The van der Waals surface area contributed by atoms with Crippen LogP contribution in [0.1, 0.15) is 24.0 Å². The van der Waals surface area contributed by atoms with E-state index in [2.05, 4.69) is 0 Å². The molecule has 0 saturated carbocycles. The fraction of sp³-hybridized carbons (Fsp3) is 0.278. The van der Waals surface area contributed by atoms with Crippen molar-refractivity contribution in [2.75, 3.05) is 13.2 Å². The van der Waals surface area contributed by atoms with Crippen molar-refractivity contribution in [2.45, 2.75) is 19.4 Å². The summed E-state index contributed by atoms with van der Waals surface area (Å²) < 4.78 is 13.3. The van der Waals surface area contributed by atoms with Crippen molar-refractivity contribution in [3.63, 3.8) is 0 Å². The Kier molecular flexibility index (Phi) is 5.67. The first kappa shape index (κ1) is 16.2. The number of amides is 1. The Hall–Kier alpha value is -2.20. The molecule has 0 bridgehead atoms. The van der Waals surface area contributed by atoms with E-state index in [4.69, 9.17) is 0 Å². The molecule has 0 fully saturated rings. The number of benzene rings is 2. The zero-order chi connectivity index (χ0) is 15.9. The Balaban J connectivity index is 2.15. The van der Waals surface area contributed by atoms with Crippen molar-refractivity contribution in [2.24, 2.45) is 0 Å². The smallest absolute Gasteiger partial charge is 0.230 e. The van der Waals surface area contributed by atoms with Gasteiger partial charge in [0.25, 0.3) is 0 Å². The van der Waals surface area contributed by atoms with Gasteiger partial charge in [0.15, 0.2) is 0 Å². The second kappa shape index (κ2) is 7.71. The van der Waals surface area contributed by atoms with Crippen LogP contribution in [-0.4, -0.2) is 29.1 Å². The Morgan fingerprint density at radius 1 is 1.18 bits per heavy atom. The van der Waals surface area contributed by atoms with Gasteiger partial charge in [-0.3, -0.25) is 4.79 Å². The van der Waals surface area contributed by atoms with Crippen LogP contribution in [0.15, 0.2) is 54.6 Å². The predicted molar refractivity (Wildman–Crippen MR) is 83.8 cm³/mol. The van der Waals surface area contributed by atoms with Gasteiger partial charge in [0.2, 0.25) is 5.91 Å². The largest absolute Gasteiger partial charge is 0.395 e. The van der Waals surface area contributed by atoms with Crippen LogP contribution in [0.4, 0.5) is 4.39 Å². The summed E-state index contributed by atoms with van der Waals surface area (Å²) >= 11 is 0. The van der Waals surface area contributed by atoms with E-state index in [0.717, 1.165) is 5.56 Å². The van der Waals surface area contributed by atoms with Crippen molar-refractivity contribution >= 4 is 5.91 Å². The normalized spacial score (nSPS) is 12.0. The molecule has 0 aliphatic heterocycles. The monoisotopic (exact) mass is 301 g/mol. The van der Waals surface area contributed by atoms with E-state index in [-0.39, 0.29) is 24.9 Å². The van der Waals surface area contributed by atoms with Crippen LogP contribution in [0.5, 0.6) is 0 Å². The summed E-state index contributed by atoms with van der Waals surface area (Å²) in [4.78, 5) is 14.2. The van der Waals surface area contributed by atoms with Crippen LogP contribution in [-0.2, 0) is 11.3 Å². The topological polar surface area (TPSA) is 40.5 Å². The number of aliphatic hydroxyl groups is 1. The minimum absolute atomic E-state index is 0.103. The quantitative estimate of drug-likeness (QED) is 0.891. The highest BCUT2D eigenvalue weighted by atomic mass is 19.1. The van der Waals surface area contributed by atoms with E-state index >= 15 is 0 Å². The van der Waals surface area contributed by atoms with E-state index in [1.54, 1.807) is 24.0 Å². The first-order valence-electron chi connectivity index (χ1n) is 7.31. The lowest BCUT2D eigenvalue weighted by Gasteiger charge is -2.25. The summed E-state index contributed by atoms with van der Waals surface area (Å²) in [6.07, 6.45) is 0. The van der Waals surface area contributed by atoms with E-state index < -0.39 is 5.92 Å². The maximum Gasteiger partial charge on any atom is 0.230 e. The first-order valence-corrected chi connectivity index (χ1v) is 7.31. The first-order chi connectivity index (χ1) is 10.6. The number of rotatable bonds is 6. The maximum absolute atomic E-state index is 13.3. The number of nitrogens with zero attached hydrogens (tertiary/aromatic N) is 1. The summed E-state index contributed by atoms with van der Waals surface area (Å²) in [6.45, 7) is 2.34. The van der Waals surface area contributed by atoms with E-state index in [1.165, 1.54) is 12.1 Å². The second-order valence-electron chi connectivity index (χ2n) is 5.25. The van der Waals surface area contributed by atoms with Crippen molar-refractivity contribution in [3.05, 3.63) is 71.5 Å². The Labute approximate surface area is 130 Å². The van der Waals surface area contributed by atoms with Gasteiger partial charge >= 0.3 is 0 Å². The molecule has 2 aromatic rings. The SMILES string of the molecule is CC(C(=O)N(CCO)Cc1ccccc1)c1cccc(F)c1. The Morgan fingerprint density at radius 3 is 2.55 bits per heavy atom. The average molecular weight is 301 g/mol. The molecule has 2 aromatic carbocycles. The molecule has 0 saturated heterocycles. The predicted octanol–water partition coefficient (Wildman–Crippen LogP) is 2.95. The zero-order valence-corrected chi connectivity index (χ0v) is 12.6.